The van der Waals surface area contributed by atoms with Crippen molar-refractivity contribution in [3.8, 4) is 11.1 Å². The molecule has 0 atom stereocenters. The van der Waals surface area contributed by atoms with Crippen LogP contribution in [0.5, 0.6) is 0 Å². The number of benzene rings is 2. The summed E-state index contributed by atoms with van der Waals surface area (Å²) < 4.78 is 0. The van der Waals surface area contributed by atoms with Crippen LogP contribution in [-0.4, -0.2) is 6.54 Å². The van der Waals surface area contributed by atoms with Gasteiger partial charge < -0.3 is 5.32 Å². The largest absolute Gasteiger partial charge is 0.313 e. The molecule has 2 heteroatoms. The van der Waals surface area contributed by atoms with Gasteiger partial charge in [0.2, 0.25) is 0 Å². The first-order valence-corrected chi connectivity index (χ1v) is 8.25. The summed E-state index contributed by atoms with van der Waals surface area (Å²) in [5, 5.41) is 4.16. The maximum absolute atomic E-state index is 6.46. The second kappa shape index (κ2) is 6.64. The zero-order valence-corrected chi connectivity index (χ0v) is 13.3. The average Bonchev–Trinajstić information content (AvgIpc) is 2.44. The molecule has 0 unspecified atom stereocenters. The highest BCUT2D eigenvalue weighted by molar-refractivity contribution is 6.33. The van der Waals surface area contributed by atoms with Gasteiger partial charge in [0.25, 0.3) is 0 Å². The number of hydrogen-bond donors (Lipinski definition) is 1. The van der Waals surface area contributed by atoms with Crippen LogP contribution in [0.3, 0.4) is 0 Å². The van der Waals surface area contributed by atoms with Crippen LogP contribution in [0, 0.1) is 0 Å². The quantitative estimate of drug-likeness (QED) is 0.781. The summed E-state index contributed by atoms with van der Waals surface area (Å²) in [7, 11) is 0. The lowest BCUT2D eigenvalue weighted by atomic mass is 9.80. The Morgan fingerprint density at radius 3 is 2.43 bits per heavy atom. The SMILES string of the molecule is CCNCc1ccc(-c2ccc(C3CCC3)cc2)c(Cl)c1. The van der Waals surface area contributed by atoms with Crippen molar-refractivity contribution >= 4 is 11.6 Å². The van der Waals surface area contributed by atoms with Gasteiger partial charge in [-0.15, -0.1) is 0 Å². The molecule has 0 radical (unpaired) electrons. The first-order valence-electron chi connectivity index (χ1n) is 7.87. The van der Waals surface area contributed by atoms with E-state index in [4.69, 9.17) is 11.6 Å². The van der Waals surface area contributed by atoms with Crippen LogP contribution in [-0.2, 0) is 6.54 Å². The van der Waals surface area contributed by atoms with Gasteiger partial charge in [-0.2, -0.15) is 0 Å². The lowest BCUT2D eigenvalue weighted by Crippen LogP contribution is -2.11. The van der Waals surface area contributed by atoms with Crippen molar-refractivity contribution in [3.63, 3.8) is 0 Å². The maximum atomic E-state index is 6.46. The third-order valence-corrected chi connectivity index (χ3v) is 4.72. The van der Waals surface area contributed by atoms with E-state index in [1.165, 1.54) is 36.0 Å². The Bertz CT molecular complexity index is 599. The molecule has 0 bridgehead atoms. The van der Waals surface area contributed by atoms with E-state index in [9.17, 15) is 0 Å². The molecule has 1 fully saturated rings. The number of rotatable bonds is 5. The highest BCUT2D eigenvalue weighted by atomic mass is 35.5. The summed E-state index contributed by atoms with van der Waals surface area (Å²) in [6, 6.07) is 15.3. The minimum absolute atomic E-state index is 0.789. The number of halogens is 1. The summed E-state index contributed by atoms with van der Waals surface area (Å²) in [6.45, 7) is 3.96. The van der Waals surface area contributed by atoms with Gasteiger partial charge in [-0.1, -0.05) is 61.3 Å². The van der Waals surface area contributed by atoms with E-state index in [1.54, 1.807) is 0 Å². The Labute approximate surface area is 132 Å². The second-order valence-electron chi connectivity index (χ2n) is 5.84. The van der Waals surface area contributed by atoms with E-state index in [2.05, 4.69) is 54.7 Å². The highest BCUT2D eigenvalue weighted by Crippen LogP contribution is 2.37. The van der Waals surface area contributed by atoms with Gasteiger partial charge in [0.05, 0.1) is 0 Å². The first-order chi connectivity index (χ1) is 10.3. The minimum atomic E-state index is 0.789. The van der Waals surface area contributed by atoms with E-state index in [1.807, 2.05) is 0 Å². The fourth-order valence-electron chi connectivity index (χ4n) is 2.85. The van der Waals surface area contributed by atoms with Gasteiger partial charge in [0.15, 0.2) is 0 Å². The zero-order chi connectivity index (χ0) is 14.7. The van der Waals surface area contributed by atoms with Crippen molar-refractivity contribution in [1.29, 1.82) is 0 Å². The van der Waals surface area contributed by atoms with Gasteiger partial charge >= 0.3 is 0 Å². The van der Waals surface area contributed by atoms with E-state index in [-0.39, 0.29) is 0 Å². The molecular weight excluding hydrogens is 278 g/mol. The monoisotopic (exact) mass is 299 g/mol. The molecule has 0 amide bonds. The van der Waals surface area contributed by atoms with Crippen LogP contribution in [0.4, 0.5) is 0 Å². The van der Waals surface area contributed by atoms with Crippen molar-refractivity contribution in [3.05, 3.63) is 58.6 Å². The van der Waals surface area contributed by atoms with Gasteiger partial charge in [-0.05, 0) is 48.1 Å². The summed E-state index contributed by atoms with van der Waals surface area (Å²) in [6.07, 6.45) is 4.07. The summed E-state index contributed by atoms with van der Waals surface area (Å²) >= 11 is 6.46. The molecule has 110 valence electrons. The van der Waals surface area contributed by atoms with E-state index >= 15 is 0 Å². The first kappa shape index (κ1) is 14.6. The Kier molecular flexibility index (Phi) is 4.62. The molecule has 0 spiro atoms. The van der Waals surface area contributed by atoms with Crippen molar-refractivity contribution < 1.29 is 0 Å². The van der Waals surface area contributed by atoms with E-state index in [0.29, 0.717) is 0 Å². The molecular formula is C19H22ClN. The smallest absolute Gasteiger partial charge is 0.0487 e. The van der Waals surface area contributed by atoms with Crippen LogP contribution < -0.4 is 5.32 Å². The van der Waals surface area contributed by atoms with Crippen molar-refractivity contribution in [1.82, 2.24) is 5.32 Å². The molecule has 0 saturated heterocycles. The fraction of sp³-hybridized carbons (Fsp3) is 0.368. The van der Waals surface area contributed by atoms with Gasteiger partial charge in [-0.3, -0.25) is 0 Å². The van der Waals surface area contributed by atoms with Crippen LogP contribution >= 0.6 is 11.6 Å². The van der Waals surface area contributed by atoms with Crippen molar-refractivity contribution in [2.75, 3.05) is 6.54 Å². The predicted molar refractivity (Wildman–Crippen MR) is 90.9 cm³/mol. The Morgan fingerprint density at radius 2 is 1.86 bits per heavy atom. The average molecular weight is 300 g/mol. The van der Waals surface area contributed by atoms with Crippen LogP contribution in [0.25, 0.3) is 11.1 Å². The molecule has 1 aliphatic carbocycles. The molecule has 21 heavy (non-hydrogen) atoms. The van der Waals surface area contributed by atoms with Crippen LogP contribution in [0.15, 0.2) is 42.5 Å². The summed E-state index contributed by atoms with van der Waals surface area (Å²) in [4.78, 5) is 0. The molecule has 2 aromatic rings. The second-order valence-corrected chi connectivity index (χ2v) is 6.25. The maximum Gasteiger partial charge on any atom is 0.0487 e. The van der Waals surface area contributed by atoms with Crippen LogP contribution in [0.1, 0.15) is 43.2 Å². The summed E-state index contributed by atoms with van der Waals surface area (Å²) in [5.41, 5.74) is 5.04. The molecule has 1 aliphatic rings. The third-order valence-electron chi connectivity index (χ3n) is 4.41. The molecule has 2 aromatic carbocycles. The molecule has 1 saturated carbocycles. The Hall–Kier alpha value is -1.31. The standard InChI is InChI=1S/C19H22ClN/c1-2-21-13-14-6-11-18(19(20)12-14)17-9-7-16(8-10-17)15-4-3-5-15/h6-12,15,21H,2-5,13H2,1H3. The molecule has 1 N–H and O–H groups in total. The lowest BCUT2D eigenvalue weighted by molar-refractivity contribution is 0.420. The van der Waals surface area contributed by atoms with Crippen LogP contribution in [0.2, 0.25) is 5.02 Å². The Morgan fingerprint density at radius 1 is 1.10 bits per heavy atom. The van der Waals surface area contributed by atoms with Gasteiger partial charge in [0, 0.05) is 17.1 Å². The predicted octanol–water partition coefficient (Wildman–Crippen LogP) is 5.38. The van der Waals surface area contributed by atoms with Gasteiger partial charge in [-0.25, -0.2) is 0 Å². The highest BCUT2D eigenvalue weighted by Gasteiger charge is 2.19. The zero-order valence-electron chi connectivity index (χ0n) is 12.5. The third kappa shape index (κ3) is 3.30. The van der Waals surface area contributed by atoms with Crippen molar-refractivity contribution in [2.45, 2.75) is 38.6 Å². The molecule has 0 aromatic heterocycles. The lowest BCUT2D eigenvalue weighted by Gasteiger charge is -2.25. The summed E-state index contributed by atoms with van der Waals surface area (Å²) in [5.74, 6) is 0.789. The Balaban J connectivity index is 1.79. The number of nitrogens with one attached hydrogen (secondary N) is 1. The molecule has 0 heterocycles. The normalized spacial score (nSPS) is 15.0. The molecule has 1 nitrogen and oxygen atoms in total. The number of hydrogen-bond acceptors (Lipinski definition) is 1. The van der Waals surface area contributed by atoms with Crippen molar-refractivity contribution in [2.24, 2.45) is 0 Å². The molecule has 0 aliphatic heterocycles. The van der Waals surface area contributed by atoms with E-state index < -0.39 is 0 Å². The van der Waals surface area contributed by atoms with E-state index in [0.717, 1.165) is 29.6 Å². The minimum Gasteiger partial charge on any atom is -0.313 e. The molecule has 3 rings (SSSR count). The topological polar surface area (TPSA) is 12.0 Å². The van der Waals surface area contributed by atoms with Gasteiger partial charge in [0.1, 0.15) is 0 Å². The fourth-order valence-corrected chi connectivity index (χ4v) is 3.16.